The number of imidazole rings is 1. The molecule has 1 aliphatic rings. The zero-order valence-corrected chi connectivity index (χ0v) is 11.4. The highest BCUT2D eigenvalue weighted by Gasteiger charge is 2.28. The van der Waals surface area contributed by atoms with Gasteiger partial charge in [0.05, 0.1) is 12.0 Å². The minimum absolute atomic E-state index is 0.307. The third kappa shape index (κ3) is 3.09. The van der Waals surface area contributed by atoms with Crippen LogP contribution in [0.5, 0.6) is 0 Å². The van der Waals surface area contributed by atoms with Crippen molar-refractivity contribution in [3.63, 3.8) is 0 Å². The minimum Gasteiger partial charge on any atom is -0.331 e. The number of hydrogen-bond acceptors (Lipinski definition) is 2. The average molecular weight is 235 g/mol. The van der Waals surface area contributed by atoms with Crippen molar-refractivity contribution < 1.29 is 0 Å². The summed E-state index contributed by atoms with van der Waals surface area (Å²) in [6.07, 6.45) is 10.9. The fraction of sp³-hybridized carbons (Fsp3) is 0.786. The van der Waals surface area contributed by atoms with Crippen molar-refractivity contribution in [3.05, 3.63) is 18.2 Å². The smallest absolute Gasteiger partial charge is 0.0955 e. The summed E-state index contributed by atoms with van der Waals surface area (Å²) in [7, 11) is 0. The van der Waals surface area contributed by atoms with Crippen LogP contribution in [0.2, 0.25) is 0 Å². The second kappa shape index (κ2) is 5.21. The highest BCUT2D eigenvalue weighted by Crippen LogP contribution is 2.34. The molecule has 0 atom stereocenters. The second-order valence-corrected chi connectivity index (χ2v) is 5.87. The molecule has 1 saturated carbocycles. The maximum Gasteiger partial charge on any atom is 0.0955 e. The Bertz CT molecular complexity index is 348. The molecule has 17 heavy (non-hydrogen) atoms. The quantitative estimate of drug-likeness (QED) is 0.869. The van der Waals surface area contributed by atoms with E-state index >= 15 is 0 Å². The lowest BCUT2D eigenvalue weighted by molar-refractivity contribution is 0.218. The van der Waals surface area contributed by atoms with Gasteiger partial charge in [0.25, 0.3) is 0 Å². The summed E-state index contributed by atoms with van der Waals surface area (Å²) in [5.74, 6) is 0. The molecular weight excluding hydrogens is 210 g/mol. The van der Waals surface area contributed by atoms with Crippen LogP contribution in [0.25, 0.3) is 0 Å². The van der Waals surface area contributed by atoms with E-state index in [1.165, 1.54) is 32.1 Å². The van der Waals surface area contributed by atoms with Gasteiger partial charge >= 0.3 is 0 Å². The van der Waals surface area contributed by atoms with E-state index in [9.17, 15) is 0 Å². The van der Waals surface area contributed by atoms with E-state index in [0.29, 0.717) is 11.6 Å². The molecule has 0 aromatic carbocycles. The Morgan fingerprint density at radius 2 is 2.06 bits per heavy atom. The third-order valence-corrected chi connectivity index (χ3v) is 3.88. The number of aromatic nitrogens is 2. The van der Waals surface area contributed by atoms with Crippen LogP contribution in [0, 0.1) is 0 Å². The second-order valence-electron chi connectivity index (χ2n) is 5.87. The summed E-state index contributed by atoms with van der Waals surface area (Å²) < 4.78 is 2.34. The lowest BCUT2D eigenvalue weighted by atomic mass is 9.83. The van der Waals surface area contributed by atoms with E-state index in [4.69, 9.17) is 0 Å². The van der Waals surface area contributed by atoms with E-state index in [-0.39, 0.29) is 0 Å². The zero-order valence-electron chi connectivity index (χ0n) is 11.4. The van der Waals surface area contributed by atoms with Gasteiger partial charge in [-0.2, -0.15) is 0 Å². The van der Waals surface area contributed by atoms with Gasteiger partial charge in [0.1, 0.15) is 0 Å². The predicted molar refractivity (Wildman–Crippen MR) is 70.9 cm³/mol. The molecular formula is C14H25N3. The van der Waals surface area contributed by atoms with Gasteiger partial charge in [0.2, 0.25) is 0 Å². The highest BCUT2D eigenvalue weighted by atomic mass is 15.1. The maximum absolute atomic E-state index is 4.51. The Balaban J connectivity index is 2.01. The molecule has 0 bridgehead atoms. The summed E-state index contributed by atoms with van der Waals surface area (Å²) in [5, 5.41) is 3.41. The summed E-state index contributed by atoms with van der Waals surface area (Å²) >= 11 is 0. The van der Waals surface area contributed by atoms with Gasteiger partial charge in [0, 0.05) is 24.3 Å². The van der Waals surface area contributed by atoms with Gasteiger partial charge in [-0.1, -0.05) is 33.1 Å². The Morgan fingerprint density at radius 3 is 2.71 bits per heavy atom. The molecule has 0 amide bonds. The SMILES string of the molecule is CC(C)NCc1cn(C2(C)CCCCC2)cn1. The van der Waals surface area contributed by atoms with Crippen molar-refractivity contribution in [2.24, 2.45) is 0 Å². The Kier molecular flexibility index (Phi) is 3.87. The van der Waals surface area contributed by atoms with Gasteiger partial charge in [-0.15, -0.1) is 0 Å². The topological polar surface area (TPSA) is 29.9 Å². The molecule has 3 nitrogen and oxygen atoms in total. The van der Waals surface area contributed by atoms with Crippen molar-refractivity contribution >= 4 is 0 Å². The van der Waals surface area contributed by atoms with Gasteiger partial charge in [-0.3, -0.25) is 0 Å². The number of hydrogen-bond donors (Lipinski definition) is 1. The first-order chi connectivity index (χ1) is 8.10. The standard InChI is InChI=1S/C14H25N3/c1-12(2)15-9-13-10-17(11-16-13)14(3)7-5-4-6-8-14/h10-12,15H,4-9H2,1-3H3. The van der Waals surface area contributed by atoms with Crippen LogP contribution in [0.15, 0.2) is 12.5 Å². The Morgan fingerprint density at radius 1 is 1.35 bits per heavy atom. The first-order valence-corrected chi connectivity index (χ1v) is 6.87. The molecule has 96 valence electrons. The normalized spacial score (nSPS) is 19.8. The van der Waals surface area contributed by atoms with Gasteiger partial charge in [-0.05, 0) is 19.8 Å². The molecule has 2 rings (SSSR count). The van der Waals surface area contributed by atoms with Crippen LogP contribution < -0.4 is 5.32 Å². The monoisotopic (exact) mass is 235 g/mol. The van der Waals surface area contributed by atoms with Crippen LogP contribution in [0.1, 0.15) is 58.6 Å². The molecule has 0 unspecified atom stereocenters. The molecule has 0 aliphatic heterocycles. The Labute approximate surface area is 105 Å². The summed E-state index contributed by atoms with van der Waals surface area (Å²) in [6.45, 7) is 7.58. The maximum atomic E-state index is 4.51. The molecule has 0 saturated heterocycles. The molecule has 0 radical (unpaired) electrons. The van der Waals surface area contributed by atoms with Gasteiger partial charge in [0.15, 0.2) is 0 Å². The van der Waals surface area contributed by atoms with E-state index in [2.05, 4.69) is 41.8 Å². The number of rotatable bonds is 4. The van der Waals surface area contributed by atoms with Crippen molar-refractivity contribution in [1.29, 1.82) is 0 Å². The van der Waals surface area contributed by atoms with E-state index in [1.807, 2.05) is 6.33 Å². The van der Waals surface area contributed by atoms with Crippen molar-refractivity contribution in [2.75, 3.05) is 0 Å². The Hall–Kier alpha value is -0.830. The molecule has 1 N–H and O–H groups in total. The zero-order chi connectivity index (χ0) is 12.3. The average Bonchev–Trinajstić information content (AvgIpc) is 2.76. The molecule has 1 heterocycles. The fourth-order valence-electron chi connectivity index (χ4n) is 2.63. The van der Waals surface area contributed by atoms with Crippen LogP contribution in [0.4, 0.5) is 0 Å². The molecule has 1 aromatic heterocycles. The molecule has 0 spiro atoms. The molecule has 1 aromatic rings. The number of nitrogens with one attached hydrogen (secondary N) is 1. The summed E-state index contributed by atoms with van der Waals surface area (Å²) in [6, 6.07) is 0.519. The van der Waals surface area contributed by atoms with Crippen molar-refractivity contribution in [1.82, 2.24) is 14.9 Å². The summed E-state index contributed by atoms with van der Waals surface area (Å²) in [4.78, 5) is 4.51. The fourth-order valence-corrected chi connectivity index (χ4v) is 2.63. The third-order valence-electron chi connectivity index (χ3n) is 3.88. The lowest BCUT2D eigenvalue weighted by Gasteiger charge is -2.34. The van der Waals surface area contributed by atoms with Crippen LogP contribution in [0.3, 0.4) is 0 Å². The van der Waals surface area contributed by atoms with Crippen LogP contribution >= 0.6 is 0 Å². The van der Waals surface area contributed by atoms with E-state index in [0.717, 1.165) is 12.2 Å². The molecule has 1 aliphatic carbocycles. The number of nitrogens with zero attached hydrogens (tertiary/aromatic N) is 2. The van der Waals surface area contributed by atoms with Gasteiger partial charge in [-0.25, -0.2) is 4.98 Å². The van der Waals surface area contributed by atoms with Gasteiger partial charge < -0.3 is 9.88 Å². The lowest BCUT2D eigenvalue weighted by Crippen LogP contribution is -2.31. The minimum atomic E-state index is 0.307. The summed E-state index contributed by atoms with van der Waals surface area (Å²) in [5.41, 5.74) is 1.46. The predicted octanol–water partition coefficient (Wildman–Crippen LogP) is 3.06. The first-order valence-electron chi connectivity index (χ1n) is 6.87. The van der Waals surface area contributed by atoms with Crippen molar-refractivity contribution in [2.45, 2.75) is 71.0 Å². The van der Waals surface area contributed by atoms with Crippen molar-refractivity contribution in [3.8, 4) is 0 Å². The molecule has 3 heteroatoms. The van der Waals surface area contributed by atoms with E-state index in [1.54, 1.807) is 0 Å². The first kappa shape index (κ1) is 12.6. The highest BCUT2D eigenvalue weighted by molar-refractivity contribution is 5.01. The van der Waals surface area contributed by atoms with Crippen LogP contribution in [-0.2, 0) is 12.1 Å². The molecule has 1 fully saturated rings. The van der Waals surface area contributed by atoms with Crippen LogP contribution in [-0.4, -0.2) is 15.6 Å². The largest absolute Gasteiger partial charge is 0.331 e. The van der Waals surface area contributed by atoms with E-state index < -0.39 is 0 Å².